The van der Waals surface area contributed by atoms with E-state index in [1.165, 1.54) is 83.0 Å². The van der Waals surface area contributed by atoms with Crippen LogP contribution >= 0.6 is 0 Å². The Morgan fingerprint density at radius 1 is 1.05 bits per heavy atom. The fraction of sp³-hybridized carbons (Fsp3) is 0.667. The molecule has 3 rings (SSSR count). The average Bonchev–Trinajstić information content (AvgIpc) is 3.06. The summed E-state index contributed by atoms with van der Waals surface area (Å²) in [7, 11) is 0. The topological polar surface area (TPSA) is 56.9 Å². The van der Waals surface area contributed by atoms with Gasteiger partial charge in [0.1, 0.15) is 0 Å². The number of nitrogens with one attached hydrogen (secondary N) is 1. The number of hydrogen-bond donors (Lipinski definition) is 2. The van der Waals surface area contributed by atoms with Crippen molar-refractivity contribution in [2.24, 2.45) is 10.7 Å². The van der Waals surface area contributed by atoms with E-state index in [4.69, 9.17) is 5.73 Å². The summed E-state index contributed by atoms with van der Waals surface area (Å²) in [5.41, 5.74) is 13.0. The molecule has 2 fully saturated rings. The fourth-order valence-corrected chi connectivity index (χ4v) is 5.76. The molecular formula is C39H69N5. The van der Waals surface area contributed by atoms with E-state index in [0.29, 0.717) is 6.54 Å². The Morgan fingerprint density at radius 3 is 2.32 bits per heavy atom. The van der Waals surface area contributed by atoms with E-state index in [2.05, 4.69) is 85.4 Å². The van der Waals surface area contributed by atoms with Crippen LogP contribution in [0.4, 0.5) is 0 Å². The molecule has 2 aliphatic heterocycles. The second-order valence-electron chi connectivity index (χ2n) is 12.0. The lowest BCUT2D eigenvalue weighted by Crippen LogP contribution is -2.49. The average molecular weight is 608 g/mol. The Labute approximate surface area is 273 Å². The van der Waals surface area contributed by atoms with Crippen LogP contribution in [0.3, 0.4) is 0 Å². The van der Waals surface area contributed by atoms with E-state index >= 15 is 0 Å². The van der Waals surface area contributed by atoms with Crippen LogP contribution in [0, 0.1) is 19.8 Å². The molecule has 0 aromatic heterocycles. The summed E-state index contributed by atoms with van der Waals surface area (Å²) in [5, 5.41) is 3.12. The van der Waals surface area contributed by atoms with Crippen molar-refractivity contribution < 1.29 is 0 Å². The van der Waals surface area contributed by atoms with E-state index in [1.54, 1.807) is 11.1 Å². The van der Waals surface area contributed by atoms with Gasteiger partial charge >= 0.3 is 0 Å². The van der Waals surface area contributed by atoms with Crippen molar-refractivity contribution in [3.63, 3.8) is 0 Å². The minimum atomic E-state index is 0.615. The summed E-state index contributed by atoms with van der Waals surface area (Å²) in [6.45, 7) is 27.4. The van der Waals surface area contributed by atoms with Gasteiger partial charge in [0.25, 0.3) is 0 Å². The third-order valence-corrected chi connectivity index (χ3v) is 8.63. The van der Waals surface area contributed by atoms with Gasteiger partial charge in [-0.05, 0) is 109 Å². The minimum absolute atomic E-state index is 0.615. The quantitative estimate of drug-likeness (QED) is 0.102. The highest BCUT2D eigenvalue weighted by atomic mass is 15.2. The molecule has 0 saturated carbocycles. The molecule has 1 atom stereocenters. The minimum Gasteiger partial charge on any atom is -0.384 e. The molecule has 0 spiro atoms. The van der Waals surface area contributed by atoms with Gasteiger partial charge in [-0.2, -0.15) is 0 Å². The number of hydrogen-bond acceptors (Lipinski definition) is 5. The third-order valence-electron chi connectivity index (χ3n) is 8.63. The molecule has 0 amide bonds. The molecule has 2 saturated heterocycles. The first kappa shape index (κ1) is 41.6. The number of rotatable bonds is 13. The van der Waals surface area contributed by atoms with Crippen molar-refractivity contribution in [2.75, 3.05) is 32.7 Å². The number of benzene rings is 1. The van der Waals surface area contributed by atoms with Crippen molar-refractivity contribution in [1.82, 2.24) is 15.1 Å². The molecule has 3 N–H and O–H groups in total. The second-order valence-corrected chi connectivity index (χ2v) is 12.0. The molecule has 5 nitrogen and oxygen atoms in total. The van der Waals surface area contributed by atoms with Crippen molar-refractivity contribution >= 4 is 5.71 Å². The number of nitrogens with zero attached hydrogens (tertiary/aromatic N) is 3. The number of allylic oxidation sites excluding steroid dienone is 1. The summed E-state index contributed by atoms with van der Waals surface area (Å²) in [5.74, 6) is 0. The smallest absolute Gasteiger partial charge is 0.0316 e. The standard InChI is InChI=1S/C24H40N2.C11H21N3.C2H6.C2H2/c1-4-5-6-10-22-18-20(2)11-12-23(22)19-25-16-13-24(14-17-25)26-15-8-7-9-21(26)3;1-5-10(3)14-8-9(2)11(4)13-7-6-12;2*1-2/h11-12,18,21,24H,4-10,13-17,19H2,1-3H3;8,13H,4-7,12H2,1-3H3;1-2H3;1-2H/b;9-8+,14-10?;;. The molecule has 1 aromatic carbocycles. The Balaban J connectivity index is 0.000000876. The van der Waals surface area contributed by atoms with Crippen LogP contribution in [0.15, 0.2) is 47.2 Å². The number of aryl methyl sites for hydroxylation is 2. The van der Waals surface area contributed by atoms with Gasteiger partial charge in [0, 0.05) is 49.3 Å². The molecule has 5 heteroatoms. The first-order valence-electron chi connectivity index (χ1n) is 17.5. The SMILES string of the molecule is C#C.C=C(NCCN)/C(C)=C/N=C(C)CC.CC.CCCCCc1cc(C)ccc1CN1CCC(N2CCCCC2C)CC1. The summed E-state index contributed by atoms with van der Waals surface area (Å²) in [6.07, 6.45) is 23.1. The predicted molar refractivity (Wildman–Crippen MR) is 197 cm³/mol. The van der Waals surface area contributed by atoms with Gasteiger partial charge in [-0.25, -0.2) is 0 Å². The van der Waals surface area contributed by atoms with Gasteiger partial charge < -0.3 is 11.1 Å². The Bertz CT molecular complexity index is 968. The van der Waals surface area contributed by atoms with Gasteiger partial charge in [0.15, 0.2) is 0 Å². The normalized spacial score (nSPS) is 18.1. The van der Waals surface area contributed by atoms with Crippen molar-refractivity contribution in [2.45, 2.75) is 138 Å². The first-order valence-corrected chi connectivity index (χ1v) is 17.5. The molecule has 0 aliphatic carbocycles. The van der Waals surface area contributed by atoms with E-state index in [0.717, 1.165) is 48.6 Å². The summed E-state index contributed by atoms with van der Waals surface area (Å²) in [4.78, 5) is 9.82. The van der Waals surface area contributed by atoms with E-state index in [9.17, 15) is 0 Å². The van der Waals surface area contributed by atoms with E-state index < -0.39 is 0 Å². The molecule has 1 aromatic rings. The van der Waals surface area contributed by atoms with Crippen LogP contribution in [0.2, 0.25) is 0 Å². The number of unbranched alkanes of at least 4 members (excludes halogenated alkanes) is 2. The van der Waals surface area contributed by atoms with Crippen molar-refractivity contribution in [1.29, 1.82) is 0 Å². The van der Waals surface area contributed by atoms with E-state index in [-0.39, 0.29) is 0 Å². The maximum Gasteiger partial charge on any atom is 0.0316 e. The fourth-order valence-electron chi connectivity index (χ4n) is 5.76. The van der Waals surface area contributed by atoms with Gasteiger partial charge in [0.2, 0.25) is 0 Å². The highest BCUT2D eigenvalue weighted by molar-refractivity contribution is 5.82. The lowest BCUT2D eigenvalue weighted by molar-refractivity contribution is 0.0555. The summed E-state index contributed by atoms with van der Waals surface area (Å²) in [6, 6.07) is 8.79. The monoisotopic (exact) mass is 608 g/mol. The van der Waals surface area contributed by atoms with Crippen LogP contribution in [0.25, 0.3) is 0 Å². The zero-order chi connectivity index (χ0) is 33.3. The zero-order valence-electron chi connectivity index (χ0n) is 30.1. The molecule has 44 heavy (non-hydrogen) atoms. The Morgan fingerprint density at radius 2 is 1.73 bits per heavy atom. The maximum atomic E-state index is 5.37. The van der Waals surface area contributed by atoms with Crippen LogP contribution in [0.5, 0.6) is 0 Å². The summed E-state index contributed by atoms with van der Waals surface area (Å²) >= 11 is 0. The largest absolute Gasteiger partial charge is 0.384 e. The van der Waals surface area contributed by atoms with E-state index in [1.807, 2.05) is 33.9 Å². The highest BCUT2D eigenvalue weighted by Crippen LogP contribution is 2.26. The lowest BCUT2D eigenvalue weighted by Gasteiger charge is -2.43. The van der Waals surface area contributed by atoms with Crippen molar-refractivity contribution in [3.05, 3.63) is 58.9 Å². The zero-order valence-corrected chi connectivity index (χ0v) is 30.1. The highest BCUT2D eigenvalue weighted by Gasteiger charge is 2.29. The number of likely N-dealkylation sites (tertiary alicyclic amines) is 2. The molecular weight excluding hydrogens is 538 g/mol. The summed E-state index contributed by atoms with van der Waals surface area (Å²) < 4.78 is 0. The first-order chi connectivity index (χ1) is 21.3. The number of aliphatic imine (C=N–C) groups is 1. The third kappa shape index (κ3) is 16.6. The van der Waals surface area contributed by atoms with Gasteiger partial charge in [0.05, 0.1) is 0 Å². The molecule has 2 aliphatic rings. The van der Waals surface area contributed by atoms with Crippen LogP contribution in [-0.4, -0.2) is 60.3 Å². The Hall–Kier alpha value is -2.39. The van der Waals surface area contributed by atoms with Crippen LogP contribution < -0.4 is 11.1 Å². The second kappa shape index (κ2) is 25.9. The van der Waals surface area contributed by atoms with Gasteiger partial charge in [-0.3, -0.25) is 14.8 Å². The van der Waals surface area contributed by atoms with Gasteiger partial charge in [-0.1, -0.05) is 77.3 Å². The van der Waals surface area contributed by atoms with Crippen LogP contribution in [-0.2, 0) is 13.0 Å². The number of terminal acetylenes is 1. The lowest BCUT2D eigenvalue weighted by atomic mass is 9.95. The Kier molecular flexibility index (Phi) is 24.5. The van der Waals surface area contributed by atoms with Gasteiger partial charge in [-0.15, -0.1) is 12.8 Å². The molecule has 250 valence electrons. The van der Waals surface area contributed by atoms with Crippen LogP contribution in [0.1, 0.15) is 123 Å². The van der Waals surface area contributed by atoms with Crippen molar-refractivity contribution in [3.8, 4) is 12.8 Å². The molecule has 1 unspecified atom stereocenters. The molecule has 0 bridgehead atoms. The number of nitrogens with two attached hydrogens (primary N) is 1. The number of piperidine rings is 2. The molecule has 2 heterocycles. The maximum absolute atomic E-state index is 5.37. The molecule has 0 radical (unpaired) electrons. The predicted octanol–water partition coefficient (Wildman–Crippen LogP) is 8.67.